The molecule has 32 heavy (non-hydrogen) atoms. The van der Waals surface area contributed by atoms with E-state index in [0.29, 0.717) is 0 Å². The Kier molecular flexibility index (Phi) is 5.04. The lowest BCUT2D eigenvalue weighted by Gasteiger charge is -2.30. The molecule has 2 bridgehead atoms. The molecular formula is C28H29NO3. The van der Waals surface area contributed by atoms with Gasteiger partial charge in [-0.25, -0.2) is 0 Å². The monoisotopic (exact) mass is 427 g/mol. The van der Waals surface area contributed by atoms with Gasteiger partial charge in [0.15, 0.2) is 0 Å². The van der Waals surface area contributed by atoms with Gasteiger partial charge in [0.2, 0.25) is 11.8 Å². The molecule has 4 nitrogen and oxygen atoms in total. The van der Waals surface area contributed by atoms with E-state index in [1.54, 1.807) is 12.1 Å². The summed E-state index contributed by atoms with van der Waals surface area (Å²) in [7, 11) is 0. The van der Waals surface area contributed by atoms with Crippen LogP contribution in [0.2, 0.25) is 0 Å². The fourth-order valence-corrected chi connectivity index (χ4v) is 5.95. The number of imide groups is 1. The van der Waals surface area contributed by atoms with Crippen LogP contribution < -0.4 is 0 Å². The highest BCUT2D eigenvalue weighted by Crippen LogP contribution is 2.53. The Morgan fingerprint density at radius 1 is 1.06 bits per heavy atom. The van der Waals surface area contributed by atoms with Gasteiger partial charge in [0.05, 0.1) is 17.9 Å². The molecule has 4 aliphatic rings. The summed E-state index contributed by atoms with van der Waals surface area (Å²) in [5.74, 6) is 0.281. The average molecular weight is 428 g/mol. The third-order valence-corrected chi connectivity index (χ3v) is 7.53. The van der Waals surface area contributed by atoms with Crippen molar-refractivity contribution in [2.45, 2.75) is 39.2 Å². The minimum Gasteiger partial charge on any atom is -0.508 e. The second-order valence-electron chi connectivity index (χ2n) is 9.69. The normalized spacial score (nSPS) is 30.6. The molecule has 5 atom stereocenters. The van der Waals surface area contributed by atoms with Gasteiger partial charge in [0, 0.05) is 0 Å². The van der Waals surface area contributed by atoms with E-state index in [4.69, 9.17) is 0 Å². The van der Waals surface area contributed by atoms with Crippen LogP contribution in [0.3, 0.4) is 0 Å². The van der Waals surface area contributed by atoms with Crippen molar-refractivity contribution in [2.75, 3.05) is 0 Å². The third kappa shape index (κ3) is 3.29. The zero-order valence-corrected chi connectivity index (χ0v) is 18.6. The van der Waals surface area contributed by atoms with E-state index in [9.17, 15) is 14.7 Å². The summed E-state index contributed by atoms with van der Waals surface area (Å²) in [5, 5.41) is 9.48. The number of phenolic OH excluding ortho intramolecular Hbond substituents is 1. The largest absolute Gasteiger partial charge is 0.508 e. The van der Waals surface area contributed by atoms with Crippen LogP contribution in [0.5, 0.6) is 5.75 Å². The fourth-order valence-electron chi connectivity index (χ4n) is 5.95. The molecule has 1 saturated heterocycles. The zero-order valence-electron chi connectivity index (χ0n) is 18.6. The Labute approximate surface area is 189 Å². The lowest BCUT2D eigenvalue weighted by Crippen LogP contribution is -2.43. The number of likely N-dealkylation sites (tertiary alicyclic amines) is 1. The number of allylic oxidation sites excluding steroid dienone is 6. The van der Waals surface area contributed by atoms with Crippen LogP contribution in [0.15, 0.2) is 83.5 Å². The van der Waals surface area contributed by atoms with Gasteiger partial charge < -0.3 is 5.11 Å². The number of rotatable bonds is 5. The number of hydrogen-bond donors (Lipinski definition) is 1. The van der Waals surface area contributed by atoms with Gasteiger partial charge in [0.1, 0.15) is 5.75 Å². The van der Waals surface area contributed by atoms with Crippen LogP contribution in [-0.4, -0.2) is 27.9 Å². The molecule has 3 aliphatic carbocycles. The average Bonchev–Trinajstić information content (AvgIpc) is 3.46. The predicted octanol–water partition coefficient (Wildman–Crippen LogP) is 4.89. The molecule has 2 fully saturated rings. The van der Waals surface area contributed by atoms with Crippen LogP contribution >= 0.6 is 0 Å². The first-order valence-electron chi connectivity index (χ1n) is 11.4. The van der Waals surface area contributed by atoms with Gasteiger partial charge in [-0.05, 0) is 73.8 Å². The molecule has 1 aromatic carbocycles. The van der Waals surface area contributed by atoms with E-state index in [1.165, 1.54) is 16.0 Å². The highest BCUT2D eigenvalue weighted by Gasteiger charge is 2.60. The number of benzene rings is 1. The number of phenols is 1. The number of hydrogen-bond acceptors (Lipinski definition) is 3. The van der Waals surface area contributed by atoms with E-state index in [-0.39, 0.29) is 41.2 Å². The Morgan fingerprint density at radius 3 is 2.22 bits per heavy atom. The van der Waals surface area contributed by atoms with Crippen LogP contribution in [0, 0.1) is 23.7 Å². The number of carbonyl (C=O) groups is 2. The summed E-state index contributed by atoms with van der Waals surface area (Å²) in [6.45, 7) is 8.17. The molecule has 1 N–H and O–H groups in total. The predicted molar refractivity (Wildman–Crippen MR) is 125 cm³/mol. The number of aromatic hydroxyl groups is 1. The molecule has 5 unspecified atom stereocenters. The quantitative estimate of drug-likeness (QED) is 0.538. The lowest BCUT2D eigenvalue weighted by atomic mass is 9.85. The maximum Gasteiger partial charge on any atom is 0.234 e. The molecule has 2 amide bonds. The summed E-state index contributed by atoms with van der Waals surface area (Å²) < 4.78 is 0. The number of fused-ring (bicyclic) bond motifs is 5. The summed E-state index contributed by atoms with van der Waals surface area (Å²) in [4.78, 5) is 28.2. The maximum absolute atomic E-state index is 13.3. The first-order valence-corrected chi connectivity index (χ1v) is 11.4. The van der Waals surface area contributed by atoms with E-state index < -0.39 is 6.04 Å². The molecule has 1 saturated carbocycles. The molecule has 1 heterocycles. The van der Waals surface area contributed by atoms with E-state index in [1.807, 2.05) is 25.1 Å². The molecule has 164 valence electrons. The van der Waals surface area contributed by atoms with Gasteiger partial charge in [-0.3, -0.25) is 14.5 Å². The highest BCUT2D eigenvalue weighted by molar-refractivity contribution is 6.07. The maximum atomic E-state index is 13.3. The summed E-state index contributed by atoms with van der Waals surface area (Å²) in [6.07, 6.45) is 13.1. The van der Waals surface area contributed by atoms with Crippen molar-refractivity contribution in [3.63, 3.8) is 0 Å². The van der Waals surface area contributed by atoms with Gasteiger partial charge in [-0.1, -0.05) is 60.2 Å². The molecule has 0 radical (unpaired) electrons. The summed E-state index contributed by atoms with van der Waals surface area (Å²) in [5.41, 5.74) is 5.44. The van der Waals surface area contributed by atoms with Gasteiger partial charge in [-0.2, -0.15) is 0 Å². The fraction of sp³-hybridized carbons (Fsp3) is 0.357. The van der Waals surface area contributed by atoms with Gasteiger partial charge in [-0.15, -0.1) is 0 Å². The van der Waals surface area contributed by atoms with Crippen molar-refractivity contribution in [2.24, 2.45) is 23.7 Å². The van der Waals surface area contributed by atoms with Crippen molar-refractivity contribution in [1.82, 2.24) is 4.90 Å². The molecule has 0 aromatic heterocycles. The first-order chi connectivity index (χ1) is 15.3. The Morgan fingerprint density at radius 2 is 1.69 bits per heavy atom. The first kappa shape index (κ1) is 20.7. The zero-order chi connectivity index (χ0) is 22.6. The van der Waals surface area contributed by atoms with Crippen molar-refractivity contribution in [3.8, 4) is 5.75 Å². The van der Waals surface area contributed by atoms with Gasteiger partial charge in [0.25, 0.3) is 0 Å². The van der Waals surface area contributed by atoms with Crippen molar-refractivity contribution in [1.29, 1.82) is 0 Å². The molecule has 1 aliphatic heterocycles. The van der Waals surface area contributed by atoms with Crippen LogP contribution in [-0.2, 0) is 16.0 Å². The Hall–Kier alpha value is -3.14. The topological polar surface area (TPSA) is 57.6 Å². The highest BCUT2D eigenvalue weighted by atomic mass is 16.3. The minimum atomic E-state index is -0.393. The summed E-state index contributed by atoms with van der Waals surface area (Å²) >= 11 is 0. The van der Waals surface area contributed by atoms with Crippen molar-refractivity contribution < 1.29 is 14.7 Å². The number of nitrogens with zero attached hydrogens (tertiary/aromatic N) is 1. The number of carbonyl (C=O) groups excluding carboxylic acids is 2. The Bertz CT molecular complexity index is 1090. The third-order valence-electron chi connectivity index (χ3n) is 7.53. The molecule has 5 rings (SSSR count). The van der Waals surface area contributed by atoms with Gasteiger partial charge >= 0.3 is 0 Å². The molecular weight excluding hydrogens is 398 g/mol. The van der Waals surface area contributed by atoms with E-state index in [0.717, 1.165) is 36.0 Å². The smallest absolute Gasteiger partial charge is 0.234 e. The second-order valence-corrected chi connectivity index (χ2v) is 9.69. The molecule has 4 heteroatoms. The van der Waals surface area contributed by atoms with E-state index >= 15 is 0 Å². The molecule has 1 aromatic rings. The lowest BCUT2D eigenvalue weighted by molar-refractivity contribution is -0.141. The van der Waals surface area contributed by atoms with Crippen LogP contribution in [0.4, 0.5) is 0 Å². The molecule has 0 spiro atoms. The second kappa shape index (κ2) is 7.77. The van der Waals surface area contributed by atoms with Crippen molar-refractivity contribution in [3.05, 3.63) is 89.1 Å². The van der Waals surface area contributed by atoms with Crippen LogP contribution in [0.25, 0.3) is 0 Å². The summed E-state index contributed by atoms with van der Waals surface area (Å²) in [6, 6.07) is 6.90. The van der Waals surface area contributed by atoms with Crippen molar-refractivity contribution >= 4 is 11.8 Å². The minimum absolute atomic E-state index is 0.0241. The SMILES string of the molecule is C=C(C)C(C1=CCC(=C(C)Cc2ccc(O)cc2)C=C1)N1C(=O)C2C3C=CC(C3)C2C1=O. The van der Waals surface area contributed by atoms with E-state index in [2.05, 4.69) is 37.8 Å². The Balaban J connectivity index is 1.36. The standard InChI is InChI=1S/C28H29NO3/c1-16(2)26(29-27(31)24-21-10-11-22(15-21)25(24)28(29)32)20-8-6-19(7-9-20)17(3)14-18-4-12-23(30)13-5-18/h4-6,8-13,21-22,24-26,30H,1,7,14-15H2,2-3H3. The van der Waals surface area contributed by atoms with Crippen LogP contribution in [0.1, 0.15) is 32.3 Å². The number of amides is 2.